The molecule has 3 aliphatic heterocycles. The number of imide groups is 1. The summed E-state index contributed by atoms with van der Waals surface area (Å²) in [4.78, 5) is 48.1. The fraction of sp³-hybridized carbons (Fsp3) is 0.475. The summed E-state index contributed by atoms with van der Waals surface area (Å²) in [6, 6.07) is 14.9. The minimum Gasteiger partial charge on any atom is -0.490 e. The molecular weight excluding hydrogens is 720 g/mol. The molecule has 1 aromatic carbocycles. The number of hydrogen-bond acceptors (Lipinski definition) is 10. The summed E-state index contributed by atoms with van der Waals surface area (Å²) in [5, 5.41) is 24.7. The molecule has 8 rings (SSSR count). The smallest absolute Gasteiger partial charge is 0.329 e. The van der Waals surface area contributed by atoms with Crippen molar-refractivity contribution >= 4 is 52.0 Å². The number of fused-ring (bicyclic) bond motifs is 1. The molecule has 1 aliphatic carbocycles. The number of ether oxygens (including phenoxy) is 1. The molecule has 0 radical (unpaired) electrons. The van der Waals surface area contributed by atoms with Crippen LogP contribution in [-0.4, -0.2) is 93.9 Å². The average molecular weight is 765 g/mol. The summed E-state index contributed by atoms with van der Waals surface area (Å²) in [5.41, 5.74) is 1.81. The van der Waals surface area contributed by atoms with Gasteiger partial charge >= 0.3 is 6.03 Å². The van der Waals surface area contributed by atoms with Gasteiger partial charge in [-0.1, -0.05) is 11.6 Å². The Kier molecular flexibility index (Phi) is 10.8. The fourth-order valence-electron chi connectivity index (χ4n) is 8.51. The summed E-state index contributed by atoms with van der Waals surface area (Å²) in [6.07, 6.45) is 11.7. The third kappa shape index (κ3) is 8.23. The van der Waals surface area contributed by atoms with Gasteiger partial charge in [0.2, 0.25) is 5.91 Å². The Bertz CT molecular complexity index is 2080. The van der Waals surface area contributed by atoms with Gasteiger partial charge in [-0.05, 0) is 93.7 Å². The summed E-state index contributed by atoms with van der Waals surface area (Å²) in [5.74, 6) is 2.22. The molecule has 4 amide bonds. The Hall–Kier alpha value is -5.26. The summed E-state index contributed by atoms with van der Waals surface area (Å²) in [6.45, 7) is 5.33. The number of benzene rings is 1. The van der Waals surface area contributed by atoms with Crippen LogP contribution >= 0.6 is 11.6 Å². The molecule has 15 heteroatoms. The van der Waals surface area contributed by atoms with E-state index in [-0.39, 0.29) is 30.4 Å². The molecule has 1 saturated carbocycles. The van der Waals surface area contributed by atoms with E-state index in [1.165, 1.54) is 0 Å². The Morgan fingerprint density at radius 2 is 1.75 bits per heavy atom. The summed E-state index contributed by atoms with van der Waals surface area (Å²) < 4.78 is 8.42. The molecule has 3 saturated heterocycles. The number of nitrogens with one attached hydrogen (secondary N) is 2. The molecule has 55 heavy (non-hydrogen) atoms. The summed E-state index contributed by atoms with van der Waals surface area (Å²) in [7, 11) is 0. The SMILES string of the molecule is N#Cc1ccc(OC2CCC(NC(=O)c3ccc(N4CCC(CN5CCC(n6ccc7c(N8CCC(=O)NC8=O)nccc76)CC5)CC4)nn3)CC2)cc1Cl. The van der Waals surface area contributed by atoms with Crippen LogP contribution in [-0.2, 0) is 4.79 Å². The van der Waals surface area contributed by atoms with Crippen molar-refractivity contribution in [3.05, 3.63) is 71.1 Å². The van der Waals surface area contributed by atoms with Gasteiger partial charge < -0.3 is 24.4 Å². The van der Waals surface area contributed by atoms with Crippen LogP contribution in [0.3, 0.4) is 0 Å². The number of urea groups is 1. The number of carbonyl (C=O) groups excluding carboxylic acids is 3. The fourth-order valence-corrected chi connectivity index (χ4v) is 8.73. The van der Waals surface area contributed by atoms with Gasteiger partial charge in [-0.15, -0.1) is 10.2 Å². The lowest BCUT2D eigenvalue weighted by molar-refractivity contribution is -0.120. The number of nitrogens with zero attached hydrogens (tertiary/aromatic N) is 8. The number of amides is 4. The summed E-state index contributed by atoms with van der Waals surface area (Å²) >= 11 is 6.15. The lowest BCUT2D eigenvalue weighted by Gasteiger charge is -2.38. The first-order chi connectivity index (χ1) is 26.8. The van der Waals surface area contributed by atoms with E-state index < -0.39 is 6.03 Å². The molecule has 0 bridgehead atoms. The van der Waals surface area contributed by atoms with E-state index in [0.29, 0.717) is 46.4 Å². The number of nitriles is 1. The second-order valence-electron chi connectivity index (χ2n) is 15.1. The third-order valence-electron chi connectivity index (χ3n) is 11.6. The van der Waals surface area contributed by atoms with Crippen LogP contribution in [0.25, 0.3) is 10.9 Å². The molecule has 4 aromatic rings. The number of rotatable bonds is 9. The zero-order chi connectivity index (χ0) is 37.9. The van der Waals surface area contributed by atoms with Crippen LogP contribution in [0.1, 0.15) is 79.9 Å². The Morgan fingerprint density at radius 3 is 2.45 bits per heavy atom. The minimum atomic E-state index is -0.416. The predicted octanol–water partition coefficient (Wildman–Crippen LogP) is 5.47. The van der Waals surface area contributed by atoms with Gasteiger partial charge in [-0.2, -0.15) is 5.26 Å². The standard InChI is InChI=1S/C40H45ClN10O4/c41-33-23-31(4-1-27(33)24-42)55-30-5-2-28(3-6-30)44-39(53)34-7-8-36(47-46-34)49-19-10-26(11-20-49)25-48-17-12-29(13-18-48)50-21-14-32-35(50)9-16-43-38(32)51-22-15-37(52)45-40(51)54/h1,4,7-9,14,16,21,23,26,28-30H,2-3,5-6,10-13,15,17-20,22,25H2,(H,44,53)(H,45,52,54). The molecule has 0 unspecified atom stereocenters. The van der Waals surface area contributed by atoms with E-state index in [4.69, 9.17) is 21.6 Å². The predicted molar refractivity (Wildman–Crippen MR) is 207 cm³/mol. The van der Waals surface area contributed by atoms with E-state index in [2.05, 4.69) is 52.4 Å². The van der Waals surface area contributed by atoms with Gasteiger partial charge in [0, 0.05) is 81.6 Å². The van der Waals surface area contributed by atoms with Gasteiger partial charge in [0.05, 0.1) is 22.2 Å². The first-order valence-electron chi connectivity index (χ1n) is 19.4. The molecule has 14 nitrogen and oxygen atoms in total. The van der Waals surface area contributed by atoms with Gasteiger partial charge in [0.25, 0.3) is 5.91 Å². The molecule has 3 aromatic heterocycles. The van der Waals surface area contributed by atoms with Crippen LogP contribution in [0.15, 0.2) is 54.9 Å². The average Bonchev–Trinajstić information content (AvgIpc) is 3.64. The largest absolute Gasteiger partial charge is 0.490 e. The first-order valence-corrected chi connectivity index (χ1v) is 19.7. The maximum atomic E-state index is 13.0. The van der Waals surface area contributed by atoms with Crippen molar-refractivity contribution in [2.45, 2.75) is 76.0 Å². The molecule has 6 heterocycles. The highest BCUT2D eigenvalue weighted by Gasteiger charge is 2.30. The van der Waals surface area contributed by atoms with Gasteiger partial charge in [-0.25, -0.2) is 9.78 Å². The van der Waals surface area contributed by atoms with Crippen molar-refractivity contribution in [3.8, 4) is 11.8 Å². The van der Waals surface area contributed by atoms with E-state index in [0.717, 1.165) is 101 Å². The van der Waals surface area contributed by atoms with Gasteiger partial charge in [0.15, 0.2) is 11.5 Å². The Balaban J connectivity index is 0.760. The minimum absolute atomic E-state index is 0.0333. The third-order valence-corrected chi connectivity index (χ3v) is 11.9. The van der Waals surface area contributed by atoms with E-state index in [1.54, 1.807) is 35.4 Å². The molecule has 0 atom stereocenters. The van der Waals surface area contributed by atoms with Crippen molar-refractivity contribution in [3.63, 3.8) is 0 Å². The van der Waals surface area contributed by atoms with Crippen molar-refractivity contribution in [1.29, 1.82) is 5.26 Å². The highest BCUT2D eigenvalue weighted by Crippen LogP contribution is 2.33. The number of pyridine rings is 1. The highest BCUT2D eigenvalue weighted by molar-refractivity contribution is 6.31. The Morgan fingerprint density at radius 1 is 0.945 bits per heavy atom. The number of halogens is 1. The number of likely N-dealkylation sites (tertiary alicyclic amines) is 1. The second-order valence-corrected chi connectivity index (χ2v) is 15.5. The van der Waals surface area contributed by atoms with Gasteiger partial charge in [-0.3, -0.25) is 19.8 Å². The van der Waals surface area contributed by atoms with E-state index in [9.17, 15) is 14.4 Å². The van der Waals surface area contributed by atoms with E-state index >= 15 is 0 Å². The van der Waals surface area contributed by atoms with Gasteiger partial charge in [0.1, 0.15) is 17.6 Å². The maximum absolute atomic E-state index is 13.0. The van der Waals surface area contributed by atoms with E-state index in [1.807, 2.05) is 18.2 Å². The zero-order valence-electron chi connectivity index (χ0n) is 30.7. The lowest BCUT2D eigenvalue weighted by Crippen LogP contribution is -2.49. The molecule has 4 aliphatic rings. The van der Waals surface area contributed by atoms with Crippen LogP contribution in [0.2, 0.25) is 5.02 Å². The molecule has 2 N–H and O–H groups in total. The normalized spacial score (nSPS) is 21.7. The van der Waals surface area contributed by atoms with Crippen LogP contribution in [0, 0.1) is 17.2 Å². The topological polar surface area (TPSA) is 162 Å². The molecule has 0 spiro atoms. The second kappa shape index (κ2) is 16.2. The monoisotopic (exact) mass is 764 g/mol. The lowest BCUT2D eigenvalue weighted by atomic mass is 9.92. The molecular formula is C40H45ClN10O4. The van der Waals surface area contributed by atoms with Crippen molar-refractivity contribution in [2.75, 3.05) is 49.1 Å². The number of anilines is 2. The quantitative estimate of drug-likeness (QED) is 0.224. The van der Waals surface area contributed by atoms with Crippen molar-refractivity contribution in [2.24, 2.45) is 5.92 Å². The number of aromatic nitrogens is 4. The Labute approximate surface area is 324 Å². The molecule has 286 valence electrons. The van der Waals surface area contributed by atoms with Crippen LogP contribution in [0.5, 0.6) is 5.75 Å². The zero-order valence-corrected chi connectivity index (χ0v) is 31.5. The maximum Gasteiger partial charge on any atom is 0.329 e. The van der Waals surface area contributed by atoms with Crippen molar-refractivity contribution in [1.82, 2.24) is 35.3 Å². The van der Waals surface area contributed by atoms with Crippen molar-refractivity contribution < 1.29 is 19.1 Å². The first kappa shape index (κ1) is 36.7. The number of carbonyl (C=O) groups is 3. The van der Waals surface area contributed by atoms with Crippen LogP contribution in [0.4, 0.5) is 16.4 Å². The number of hydrogen-bond donors (Lipinski definition) is 2. The van der Waals surface area contributed by atoms with Crippen LogP contribution < -0.4 is 25.2 Å². The number of piperidine rings is 2. The highest BCUT2D eigenvalue weighted by atomic mass is 35.5. The molecule has 4 fully saturated rings.